The average Bonchev–Trinajstić information content (AvgIpc) is 2.94. The van der Waals surface area contributed by atoms with Gasteiger partial charge in [-0.15, -0.1) is 0 Å². The summed E-state index contributed by atoms with van der Waals surface area (Å²) in [6.07, 6.45) is 0.956. The quantitative estimate of drug-likeness (QED) is 0.268. The summed E-state index contributed by atoms with van der Waals surface area (Å²) in [5, 5.41) is 1.15. The average molecular weight is 581 g/mol. The Bertz CT molecular complexity index is 1700. The number of methoxy groups -OCH3 is 1. The van der Waals surface area contributed by atoms with Crippen LogP contribution in [0.2, 0.25) is 5.02 Å². The summed E-state index contributed by atoms with van der Waals surface area (Å²) in [4.78, 5) is 32.9. The number of nitrogens with zero attached hydrogens (tertiary/aromatic N) is 6. The fourth-order valence-corrected chi connectivity index (χ4v) is 5.19. The summed E-state index contributed by atoms with van der Waals surface area (Å²) in [7, 11) is 1.38. The number of carbonyl (C=O) groups is 1. The van der Waals surface area contributed by atoms with Gasteiger partial charge in [-0.2, -0.15) is 9.97 Å². The molecule has 1 aliphatic heterocycles. The van der Waals surface area contributed by atoms with Gasteiger partial charge < -0.3 is 19.2 Å². The number of rotatable bonds is 4. The van der Waals surface area contributed by atoms with E-state index in [1.807, 2.05) is 4.90 Å². The third-order valence-corrected chi connectivity index (χ3v) is 7.10. The molecule has 0 saturated carbocycles. The lowest BCUT2D eigenvalue weighted by Crippen LogP contribution is -2.57. The number of piperazine rings is 1. The summed E-state index contributed by atoms with van der Waals surface area (Å²) < 4.78 is 41.4. The molecule has 4 aromatic rings. The first-order chi connectivity index (χ1) is 19.5. The highest BCUT2D eigenvalue weighted by Gasteiger charge is 2.36. The Hall–Kier alpha value is -4.30. The maximum Gasteiger partial charge on any atom is 0.410 e. The Kier molecular flexibility index (Phi) is 7.53. The number of hydrogen-bond donors (Lipinski definition) is 0. The molecular weight excluding hydrogens is 554 g/mol. The molecule has 0 N–H and O–H groups in total. The van der Waals surface area contributed by atoms with Crippen molar-refractivity contribution in [2.75, 3.05) is 38.2 Å². The molecular formula is C29H27ClF2N6O3. The largest absolute Gasteiger partial charge is 0.467 e. The van der Waals surface area contributed by atoms with E-state index in [1.54, 1.807) is 49.9 Å². The highest BCUT2D eigenvalue weighted by Crippen LogP contribution is 2.38. The van der Waals surface area contributed by atoms with E-state index in [0.717, 1.165) is 0 Å². The van der Waals surface area contributed by atoms with Crippen LogP contribution < -0.4 is 9.64 Å². The van der Waals surface area contributed by atoms with E-state index < -0.39 is 29.4 Å². The Labute approximate surface area is 240 Å². The van der Waals surface area contributed by atoms with Crippen LogP contribution in [0.4, 0.5) is 19.4 Å². The van der Waals surface area contributed by atoms with Crippen molar-refractivity contribution in [3.05, 3.63) is 64.6 Å². The summed E-state index contributed by atoms with van der Waals surface area (Å²) in [5.41, 5.74) is -0.470. The fourth-order valence-electron chi connectivity index (χ4n) is 4.92. The van der Waals surface area contributed by atoms with Crippen LogP contribution in [0.25, 0.3) is 37.8 Å². The van der Waals surface area contributed by atoms with Gasteiger partial charge in [0.15, 0.2) is 5.82 Å². The molecule has 3 heterocycles. The molecule has 9 nitrogen and oxygen atoms in total. The van der Waals surface area contributed by atoms with E-state index in [4.69, 9.17) is 27.6 Å². The van der Waals surface area contributed by atoms with Gasteiger partial charge in [0.25, 0.3) is 0 Å². The first-order valence-electron chi connectivity index (χ1n) is 12.9. The van der Waals surface area contributed by atoms with E-state index in [2.05, 4.69) is 19.8 Å². The normalized spacial score (nSPS) is 15.7. The molecule has 0 radical (unpaired) electrons. The molecule has 41 heavy (non-hydrogen) atoms. The summed E-state index contributed by atoms with van der Waals surface area (Å²) in [6, 6.07) is 7.35. The summed E-state index contributed by atoms with van der Waals surface area (Å²) >= 11 is 6.30. The second-order valence-corrected chi connectivity index (χ2v) is 11.0. The first kappa shape index (κ1) is 28.2. The number of aromatic nitrogens is 3. The number of amides is 1. The monoisotopic (exact) mass is 580 g/mol. The Morgan fingerprint density at radius 3 is 2.68 bits per heavy atom. The van der Waals surface area contributed by atoms with Crippen LogP contribution in [0.3, 0.4) is 0 Å². The van der Waals surface area contributed by atoms with Crippen molar-refractivity contribution in [3.63, 3.8) is 0 Å². The van der Waals surface area contributed by atoms with Crippen molar-refractivity contribution in [1.29, 1.82) is 0 Å². The van der Waals surface area contributed by atoms with Crippen molar-refractivity contribution >= 4 is 45.2 Å². The highest BCUT2D eigenvalue weighted by molar-refractivity contribution is 6.36. The van der Waals surface area contributed by atoms with Crippen molar-refractivity contribution in [3.8, 4) is 17.3 Å². The van der Waals surface area contributed by atoms with Gasteiger partial charge in [-0.25, -0.2) is 20.1 Å². The molecule has 0 unspecified atom stereocenters. The van der Waals surface area contributed by atoms with Crippen LogP contribution in [0, 0.1) is 18.2 Å². The molecule has 1 fully saturated rings. The molecule has 5 rings (SSSR count). The predicted molar refractivity (Wildman–Crippen MR) is 152 cm³/mol. The highest BCUT2D eigenvalue weighted by atomic mass is 35.5. The molecule has 2 aromatic carbocycles. The van der Waals surface area contributed by atoms with E-state index in [-0.39, 0.29) is 41.9 Å². The fraction of sp³-hybridized carbons (Fsp3) is 0.345. The Morgan fingerprint density at radius 1 is 1.20 bits per heavy atom. The van der Waals surface area contributed by atoms with Gasteiger partial charge in [-0.05, 0) is 32.2 Å². The number of hydrogen-bond acceptors (Lipinski definition) is 7. The molecule has 2 aromatic heterocycles. The summed E-state index contributed by atoms with van der Waals surface area (Å²) in [6.45, 7) is 13.7. The zero-order valence-electron chi connectivity index (χ0n) is 22.9. The van der Waals surface area contributed by atoms with Crippen molar-refractivity contribution in [1.82, 2.24) is 19.9 Å². The van der Waals surface area contributed by atoms with Gasteiger partial charge in [0.05, 0.1) is 17.5 Å². The zero-order chi connectivity index (χ0) is 29.5. The van der Waals surface area contributed by atoms with Gasteiger partial charge in [-0.1, -0.05) is 35.9 Å². The maximum atomic E-state index is 16.2. The minimum atomic E-state index is -0.748. The SMILES string of the molecule is [C-]#[N+]C[C@H]1CN(c2nc(OC)nc3c(F)c(-c4cccc5ccc(F)c(Cl)c45)ncc23)CCN1C(=O)OC(C)(C)C. The predicted octanol–water partition coefficient (Wildman–Crippen LogP) is 6.13. The van der Waals surface area contributed by atoms with Crippen LogP contribution >= 0.6 is 11.6 Å². The molecule has 12 heteroatoms. The lowest BCUT2D eigenvalue weighted by atomic mass is 10.0. The van der Waals surface area contributed by atoms with Crippen LogP contribution in [0.5, 0.6) is 6.01 Å². The second-order valence-electron chi connectivity index (χ2n) is 10.6. The van der Waals surface area contributed by atoms with Gasteiger partial charge in [-0.3, -0.25) is 9.88 Å². The van der Waals surface area contributed by atoms with E-state index in [9.17, 15) is 9.18 Å². The number of pyridine rings is 1. The smallest absolute Gasteiger partial charge is 0.410 e. The van der Waals surface area contributed by atoms with Crippen LogP contribution in [0.15, 0.2) is 36.5 Å². The number of benzene rings is 2. The third-order valence-electron chi connectivity index (χ3n) is 6.73. The zero-order valence-corrected chi connectivity index (χ0v) is 23.7. The molecule has 212 valence electrons. The van der Waals surface area contributed by atoms with Gasteiger partial charge in [0.1, 0.15) is 34.5 Å². The Balaban J connectivity index is 1.59. The Morgan fingerprint density at radius 2 is 1.98 bits per heavy atom. The second kappa shape index (κ2) is 10.9. The lowest BCUT2D eigenvalue weighted by molar-refractivity contribution is 0.0156. The molecule has 0 bridgehead atoms. The third kappa shape index (κ3) is 5.39. The molecule has 1 atom stereocenters. The number of anilines is 1. The number of carbonyl (C=O) groups excluding carboxylic acids is 1. The first-order valence-corrected chi connectivity index (χ1v) is 13.2. The number of halogens is 3. The van der Waals surface area contributed by atoms with Crippen molar-refractivity contribution < 1.29 is 23.0 Å². The topological polar surface area (TPSA) is 85.0 Å². The maximum absolute atomic E-state index is 16.2. The standard InChI is InChI=1S/C29H27ClF2N6O3/c1-29(2,3)41-28(39)38-12-11-37(15-17(38)13-33-4)26-19-14-34-24(23(32)25(19)35-27(36-26)40-5)18-8-6-7-16-9-10-20(31)22(30)21(16)18/h6-10,14,17H,11-13,15H2,1-3,5H3/t17-/m0/s1. The lowest BCUT2D eigenvalue weighted by Gasteiger charge is -2.40. The van der Waals surface area contributed by atoms with Crippen LogP contribution in [-0.2, 0) is 4.74 Å². The molecule has 1 amide bonds. The van der Waals surface area contributed by atoms with E-state index in [0.29, 0.717) is 34.1 Å². The van der Waals surface area contributed by atoms with E-state index in [1.165, 1.54) is 19.4 Å². The van der Waals surface area contributed by atoms with Crippen LogP contribution in [0.1, 0.15) is 20.8 Å². The van der Waals surface area contributed by atoms with Crippen molar-refractivity contribution in [2.24, 2.45) is 0 Å². The molecule has 1 aliphatic rings. The molecule has 0 spiro atoms. The molecule has 1 saturated heterocycles. The summed E-state index contributed by atoms with van der Waals surface area (Å²) in [5.74, 6) is -1.02. The van der Waals surface area contributed by atoms with Crippen molar-refractivity contribution in [2.45, 2.75) is 32.4 Å². The number of fused-ring (bicyclic) bond motifs is 2. The van der Waals surface area contributed by atoms with Gasteiger partial charge >= 0.3 is 12.1 Å². The molecule has 0 aliphatic carbocycles. The minimum Gasteiger partial charge on any atom is -0.467 e. The minimum absolute atomic E-state index is 0.0438. The van der Waals surface area contributed by atoms with Crippen LogP contribution in [-0.4, -0.2) is 70.9 Å². The van der Waals surface area contributed by atoms with Gasteiger partial charge in [0, 0.05) is 36.8 Å². The number of ether oxygens (including phenoxy) is 2. The van der Waals surface area contributed by atoms with Gasteiger partial charge in [0.2, 0.25) is 6.54 Å². The van der Waals surface area contributed by atoms with E-state index >= 15 is 4.39 Å².